The molecular formula is C14H17F4NO2. The number of hydrogen-bond donors (Lipinski definition) is 1. The summed E-state index contributed by atoms with van der Waals surface area (Å²) in [6.07, 6.45) is -3.29. The minimum absolute atomic E-state index is 0.208. The van der Waals surface area contributed by atoms with Crippen LogP contribution >= 0.6 is 0 Å². The first kappa shape index (κ1) is 17.4. The van der Waals surface area contributed by atoms with Gasteiger partial charge in [-0.25, -0.2) is 4.39 Å². The number of hydrogen-bond acceptors (Lipinski definition) is 2. The summed E-state index contributed by atoms with van der Waals surface area (Å²) in [5, 5.41) is 2.48. The van der Waals surface area contributed by atoms with E-state index >= 15 is 0 Å². The van der Waals surface area contributed by atoms with Crippen LogP contribution in [0.3, 0.4) is 0 Å². The number of nitrogens with one attached hydrogen (secondary N) is 1. The number of alkyl halides is 3. The van der Waals surface area contributed by atoms with Gasteiger partial charge in [0.2, 0.25) is 0 Å². The van der Waals surface area contributed by atoms with E-state index in [1.807, 2.05) is 6.92 Å². The Kier molecular flexibility index (Phi) is 6.14. The van der Waals surface area contributed by atoms with Gasteiger partial charge in [-0.05, 0) is 24.6 Å². The maximum absolute atomic E-state index is 13.6. The van der Waals surface area contributed by atoms with E-state index in [-0.39, 0.29) is 12.6 Å². The van der Waals surface area contributed by atoms with Crippen LogP contribution in [0, 0.1) is 5.82 Å². The molecule has 0 aliphatic rings. The van der Waals surface area contributed by atoms with Gasteiger partial charge in [-0.2, -0.15) is 13.2 Å². The van der Waals surface area contributed by atoms with Crippen molar-refractivity contribution in [2.75, 3.05) is 13.7 Å². The molecule has 0 aliphatic heterocycles. The third-order valence-electron chi connectivity index (χ3n) is 2.88. The summed E-state index contributed by atoms with van der Waals surface area (Å²) in [6.45, 7) is 2.10. The highest BCUT2D eigenvalue weighted by Gasteiger charge is 2.32. The van der Waals surface area contributed by atoms with E-state index in [0.29, 0.717) is 24.6 Å². The average Bonchev–Trinajstić information content (AvgIpc) is 2.38. The molecule has 1 N–H and O–H groups in total. The summed E-state index contributed by atoms with van der Waals surface area (Å²) in [6, 6.07) is 1.38. The Bertz CT molecular complexity index is 482. The molecule has 1 aromatic carbocycles. The average molecular weight is 307 g/mol. The molecule has 1 rings (SSSR count). The molecule has 118 valence electrons. The van der Waals surface area contributed by atoms with Crippen molar-refractivity contribution < 1.29 is 27.1 Å². The van der Waals surface area contributed by atoms with Gasteiger partial charge in [-0.3, -0.25) is 4.79 Å². The lowest BCUT2D eigenvalue weighted by molar-refractivity contribution is -0.137. The van der Waals surface area contributed by atoms with Crippen molar-refractivity contribution in [2.24, 2.45) is 0 Å². The van der Waals surface area contributed by atoms with E-state index in [9.17, 15) is 22.4 Å². The lowest BCUT2D eigenvalue weighted by Crippen LogP contribution is -2.38. The second kappa shape index (κ2) is 7.40. The fourth-order valence-corrected chi connectivity index (χ4v) is 1.89. The second-order valence-corrected chi connectivity index (χ2v) is 4.61. The molecule has 0 aliphatic carbocycles. The molecule has 0 saturated heterocycles. The zero-order valence-corrected chi connectivity index (χ0v) is 11.8. The molecule has 21 heavy (non-hydrogen) atoms. The van der Waals surface area contributed by atoms with Gasteiger partial charge in [0.05, 0.1) is 23.8 Å². The first-order valence-electron chi connectivity index (χ1n) is 6.46. The summed E-state index contributed by atoms with van der Waals surface area (Å²) >= 11 is 0. The van der Waals surface area contributed by atoms with Gasteiger partial charge >= 0.3 is 6.18 Å². The maximum atomic E-state index is 13.6. The van der Waals surface area contributed by atoms with Crippen LogP contribution in [-0.2, 0) is 10.9 Å². The molecule has 1 unspecified atom stereocenters. The zero-order chi connectivity index (χ0) is 16.0. The zero-order valence-electron chi connectivity index (χ0n) is 11.8. The second-order valence-electron chi connectivity index (χ2n) is 4.61. The molecule has 0 aromatic heterocycles. The van der Waals surface area contributed by atoms with Crippen molar-refractivity contribution in [3.63, 3.8) is 0 Å². The summed E-state index contributed by atoms with van der Waals surface area (Å²) < 4.78 is 56.3. The molecular weight excluding hydrogens is 290 g/mol. The predicted molar refractivity (Wildman–Crippen MR) is 69.4 cm³/mol. The summed E-state index contributed by atoms with van der Waals surface area (Å²) in [7, 11) is 1.44. The number of benzene rings is 1. The smallest absolute Gasteiger partial charge is 0.383 e. The van der Waals surface area contributed by atoms with Crippen molar-refractivity contribution in [1.29, 1.82) is 0 Å². The van der Waals surface area contributed by atoms with E-state index in [1.165, 1.54) is 7.11 Å². The van der Waals surface area contributed by atoms with E-state index in [0.717, 1.165) is 6.42 Å². The van der Waals surface area contributed by atoms with E-state index < -0.39 is 29.0 Å². The van der Waals surface area contributed by atoms with Crippen molar-refractivity contribution in [3.05, 3.63) is 35.1 Å². The van der Waals surface area contributed by atoms with Gasteiger partial charge < -0.3 is 10.1 Å². The highest BCUT2D eigenvalue weighted by Crippen LogP contribution is 2.30. The van der Waals surface area contributed by atoms with Gasteiger partial charge in [0.1, 0.15) is 5.82 Å². The van der Waals surface area contributed by atoms with Crippen LogP contribution in [0.25, 0.3) is 0 Å². The molecule has 0 spiro atoms. The first-order chi connectivity index (χ1) is 9.79. The number of methoxy groups -OCH3 is 1. The molecule has 0 radical (unpaired) electrons. The van der Waals surface area contributed by atoms with Crippen LogP contribution in [0.1, 0.15) is 35.7 Å². The summed E-state index contributed by atoms with van der Waals surface area (Å²) in [5.41, 5.74) is -1.69. The van der Waals surface area contributed by atoms with Gasteiger partial charge in [0.25, 0.3) is 5.91 Å². The number of rotatable bonds is 6. The van der Waals surface area contributed by atoms with Crippen LogP contribution in [0.5, 0.6) is 0 Å². The minimum Gasteiger partial charge on any atom is -0.383 e. The molecule has 1 amide bonds. The lowest BCUT2D eigenvalue weighted by Gasteiger charge is -2.18. The topological polar surface area (TPSA) is 38.3 Å². The quantitative estimate of drug-likeness (QED) is 0.818. The highest BCUT2D eigenvalue weighted by molar-refractivity contribution is 5.94. The van der Waals surface area contributed by atoms with E-state index in [2.05, 4.69) is 5.32 Å². The van der Waals surface area contributed by atoms with Crippen LogP contribution in [0.15, 0.2) is 18.2 Å². The van der Waals surface area contributed by atoms with E-state index in [1.54, 1.807) is 0 Å². The van der Waals surface area contributed by atoms with Crippen LogP contribution < -0.4 is 5.32 Å². The standard InChI is InChI=1S/C14H17F4NO2/c1-3-4-10(8-21-2)19-13(20)11-7-9(14(16,17)18)5-6-12(11)15/h5-7,10H,3-4,8H2,1-2H3,(H,19,20). The van der Waals surface area contributed by atoms with Crippen molar-refractivity contribution in [3.8, 4) is 0 Å². The Labute approximate surface area is 120 Å². The first-order valence-corrected chi connectivity index (χ1v) is 6.46. The Morgan fingerprint density at radius 1 is 1.38 bits per heavy atom. The Balaban J connectivity index is 2.95. The Hall–Kier alpha value is -1.63. The predicted octanol–water partition coefficient (Wildman–Crippen LogP) is 3.39. The van der Waals surface area contributed by atoms with Crippen LogP contribution in [-0.4, -0.2) is 25.7 Å². The maximum Gasteiger partial charge on any atom is 0.416 e. The Morgan fingerprint density at radius 2 is 2.05 bits per heavy atom. The third-order valence-corrected chi connectivity index (χ3v) is 2.88. The monoisotopic (exact) mass is 307 g/mol. The van der Waals surface area contributed by atoms with Crippen molar-refractivity contribution in [2.45, 2.75) is 32.0 Å². The van der Waals surface area contributed by atoms with E-state index in [4.69, 9.17) is 4.74 Å². The molecule has 0 fully saturated rings. The van der Waals surface area contributed by atoms with Crippen molar-refractivity contribution in [1.82, 2.24) is 5.32 Å². The van der Waals surface area contributed by atoms with Gasteiger partial charge in [-0.1, -0.05) is 13.3 Å². The van der Waals surface area contributed by atoms with Crippen LogP contribution in [0.4, 0.5) is 17.6 Å². The fraction of sp³-hybridized carbons (Fsp3) is 0.500. The Morgan fingerprint density at radius 3 is 2.57 bits per heavy atom. The molecule has 1 aromatic rings. The molecule has 0 heterocycles. The molecule has 3 nitrogen and oxygen atoms in total. The van der Waals surface area contributed by atoms with Gasteiger partial charge in [-0.15, -0.1) is 0 Å². The number of amides is 1. The number of carbonyl (C=O) groups excluding carboxylic acids is 1. The lowest BCUT2D eigenvalue weighted by atomic mass is 10.1. The molecule has 0 bridgehead atoms. The molecule has 0 saturated carbocycles. The third kappa shape index (κ3) is 5.00. The number of ether oxygens (including phenoxy) is 1. The summed E-state index contributed by atoms with van der Waals surface area (Å²) in [5.74, 6) is -1.87. The molecule has 7 heteroatoms. The minimum atomic E-state index is -4.63. The normalized spacial score (nSPS) is 13.0. The summed E-state index contributed by atoms with van der Waals surface area (Å²) in [4.78, 5) is 11.9. The largest absolute Gasteiger partial charge is 0.416 e. The van der Waals surface area contributed by atoms with Gasteiger partial charge in [0.15, 0.2) is 0 Å². The van der Waals surface area contributed by atoms with Crippen LogP contribution in [0.2, 0.25) is 0 Å². The fourth-order valence-electron chi connectivity index (χ4n) is 1.89. The number of carbonyl (C=O) groups is 1. The highest BCUT2D eigenvalue weighted by atomic mass is 19.4. The van der Waals surface area contributed by atoms with Crippen molar-refractivity contribution >= 4 is 5.91 Å². The number of halogens is 4. The van der Waals surface area contributed by atoms with Gasteiger partial charge in [0, 0.05) is 7.11 Å². The SMILES string of the molecule is CCCC(COC)NC(=O)c1cc(C(F)(F)F)ccc1F. The molecule has 1 atom stereocenters.